The van der Waals surface area contributed by atoms with Crippen molar-refractivity contribution in [3.8, 4) is 0 Å². The molecule has 0 amide bonds. The Morgan fingerprint density at radius 2 is 2.00 bits per heavy atom. The molecule has 1 aromatic heterocycles. The fourth-order valence-corrected chi connectivity index (χ4v) is 2.58. The first-order valence-corrected chi connectivity index (χ1v) is 6.69. The Morgan fingerprint density at radius 1 is 1.45 bits per heavy atom. The summed E-state index contributed by atoms with van der Waals surface area (Å²) in [6, 6.07) is 0. The van der Waals surface area contributed by atoms with Gasteiger partial charge in [-0.25, -0.2) is 9.78 Å². The van der Waals surface area contributed by atoms with Gasteiger partial charge in [0.1, 0.15) is 0 Å². The second kappa shape index (κ2) is 5.87. The lowest BCUT2D eigenvalue weighted by molar-refractivity contribution is -0.159. The van der Waals surface area contributed by atoms with E-state index < -0.39 is 36.0 Å². The molecule has 1 atom stereocenters. The molecule has 0 aliphatic carbocycles. The molecule has 0 aliphatic rings. The number of aliphatic carboxylic acids is 1. The van der Waals surface area contributed by atoms with Crippen LogP contribution in [-0.4, -0.2) is 22.2 Å². The number of thiazole rings is 1. The van der Waals surface area contributed by atoms with Gasteiger partial charge in [-0.2, -0.15) is 13.2 Å². The van der Waals surface area contributed by atoms with Crippen molar-refractivity contribution >= 4 is 28.9 Å². The summed E-state index contributed by atoms with van der Waals surface area (Å²) in [5.41, 5.74) is -1.89. The summed E-state index contributed by atoms with van der Waals surface area (Å²) < 4.78 is 42.9. The van der Waals surface area contributed by atoms with Crippen LogP contribution in [0.15, 0.2) is 0 Å². The smallest absolute Gasteiger partial charge is 0.434 e. The SMILES string of the molecule is CC(C)(C)C(OCc1sc(Cl)nc1C(F)(F)F)C(=O)O. The van der Waals surface area contributed by atoms with Gasteiger partial charge >= 0.3 is 12.1 Å². The average Bonchev–Trinajstić information content (AvgIpc) is 2.56. The Morgan fingerprint density at radius 3 is 2.40 bits per heavy atom. The van der Waals surface area contributed by atoms with E-state index in [9.17, 15) is 18.0 Å². The van der Waals surface area contributed by atoms with Crippen molar-refractivity contribution < 1.29 is 27.8 Å². The lowest BCUT2D eigenvalue weighted by Gasteiger charge is -2.26. The van der Waals surface area contributed by atoms with Gasteiger partial charge in [-0.05, 0) is 5.41 Å². The molecule has 1 aromatic rings. The van der Waals surface area contributed by atoms with Crippen molar-refractivity contribution in [2.75, 3.05) is 0 Å². The lowest BCUT2D eigenvalue weighted by atomic mass is 9.89. The van der Waals surface area contributed by atoms with Crippen LogP contribution in [0.5, 0.6) is 0 Å². The summed E-state index contributed by atoms with van der Waals surface area (Å²) >= 11 is 6.10. The topological polar surface area (TPSA) is 59.4 Å². The van der Waals surface area contributed by atoms with E-state index in [1.54, 1.807) is 20.8 Å². The molecule has 0 radical (unpaired) electrons. The molecule has 0 aliphatic heterocycles. The second-order valence-corrected chi connectivity index (χ2v) is 6.80. The van der Waals surface area contributed by atoms with Gasteiger partial charge < -0.3 is 9.84 Å². The summed E-state index contributed by atoms with van der Waals surface area (Å²) in [5, 5.41) is 9.04. The molecule has 0 saturated carbocycles. The quantitative estimate of drug-likeness (QED) is 0.911. The highest BCUT2D eigenvalue weighted by molar-refractivity contribution is 7.15. The standard InChI is InChI=1S/C11H13ClF3NO3S/c1-10(2,3)7(8(17)18)19-4-5-6(11(13,14)15)16-9(12)20-5/h7H,4H2,1-3H3,(H,17,18). The normalized spacial score (nSPS) is 14.3. The van der Waals surface area contributed by atoms with Crippen LogP contribution in [0.25, 0.3) is 0 Å². The summed E-state index contributed by atoms with van der Waals surface area (Å²) in [6.07, 6.45) is -5.88. The minimum absolute atomic E-state index is 0.238. The molecule has 4 nitrogen and oxygen atoms in total. The zero-order valence-corrected chi connectivity index (χ0v) is 12.5. The van der Waals surface area contributed by atoms with Crippen LogP contribution >= 0.6 is 22.9 Å². The number of ether oxygens (including phenoxy) is 1. The predicted octanol–water partition coefficient (Wildman–Crippen LogP) is 3.83. The monoisotopic (exact) mass is 331 g/mol. The van der Waals surface area contributed by atoms with E-state index in [4.69, 9.17) is 21.4 Å². The van der Waals surface area contributed by atoms with Crippen molar-refractivity contribution in [3.63, 3.8) is 0 Å². The zero-order chi connectivity index (χ0) is 15.7. The third kappa shape index (κ3) is 4.32. The molecule has 1 rings (SSSR count). The largest absolute Gasteiger partial charge is 0.479 e. The number of halogens is 4. The van der Waals surface area contributed by atoms with Gasteiger partial charge in [-0.15, -0.1) is 11.3 Å². The van der Waals surface area contributed by atoms with Crippen LogP contribution in [0, 0.1) is 5.41 Å². The molecule has 0 spiro atoms. The molecule has 0 aromatic carbocycles. The van der Waals surface area contributed by atoms with E-state index in [-0.39, 0.29) is 9.34 Å². The molecular formula is C11H13ClF3NO3S. The van der Waals surface area contributed by atoms with Crippen molar-refractivity contribution in [1.82, 2.24) is 4.98 Å². The number of hydrogen-bond donors (Lipinski definition) is 1. The van der Waals surface area contributed by atoms with E-state index in [2.05, 4.69) is 4.98 Å². The number of carboxylic acids is 1. The first kappa shape index (κ1) is 17.2. The maximum absolute atomic E-state index is 12.7. The molecular weight excluding hydrogens is 319 g/mol. The highest BCUT2D eigenvalue weighted by atomic mass is 35.5. The first-order valence-electron chi connectivity index (χ1n) is 5.49. The number of carbonyl (C=O) groups is 1. The molecule has 1 heterocycles. The number of nitrogens with zero attached hydrogens (tertiary/aromatic N) is 1. The Balaban J connectivity index is 2.92. The zero-order valence-electron chi connectivity index (χ0n) is 10.9. The first-order chi connectivity index (χ1) is 8.93. The molecule has 0 fully saturated rings. The van der Waals surface area contributed by atoms with Gasteiger partial charge in [0, 0.05) is 0 Å². The number of alkyl halides is 3. The summed E-state index contributed by atoms with van der Waals surface area (Å²) in [4.78, 5) is 14.0. The Bertz CT molecular complexity index is 496. The number of aromatic nitrogens is 1. The van der Waals surface area contributed by atoms with E-state index in [0.29, 0.717) is 11.3 Å². The third-order valence-electron chi connectivity index (χ3n) is 2.33. The van der Waals surface area contributed by atoms with Gasteiger partial charge in [-0.3, -0.25) is 0 Å². The molecule has 114 valence electrons. The van der Waals surface area contributed by atoms with Gasteiger partial charge in [0.25, 0.3) is 0 Å². The minimum Gasteiger partial charge on any atom is -0.479 e. The Labute approximate surface area is 122 Å². The van der Waals surface area contributed by atoms with Gasteiger partial charge in [0.05, 0.1) is 11.5 Å². The molecule has 0 bridgehead atoms. The van der Waals surface area contributed by atoms with Crippen molar-refractivity contribution in [1.29, 1.82) is 0 Å². The number of hydrogen-bond acceptors (Lipinski definition) is 4. The van der Waals surface area contributed by atoms with Gasteiger partial charge in [0.15, 0.2) is 16.3 Å². The molecule has 9 heteroatoms. The van der Waals surface area contributed by atoms with E-state index in [1.807, 2.05) is 0 Å². The van der Waals surface area contributed by atoms with Crippen molar-refractivity contribution in [3.05, 3.63) is 15.0 Å². The van der Waals surface area contributed by atoms with Crippen LogP contribution in [-0.2, 0) is 22.3 Å². The van der Waals surface area contributed by atoms with Crippen LogP contribution < -0.4 is 0 Å². The summed E-state index contributed by atoms with van der Waals surface area (Å²) in [5.74, 6) is -1.23. The van der Waals surface area contributed by atoms with Gasteiger partial charge in [-0.1, -0.05) is 32.4 Å². The molecule has 1 unspecified atom stereocenters. The average molecular weight is 332 g/mol. The lowest BCUT2D eigenvalue weighted by Crippen LogP contribution is -2.36. The van der Waals surface area contributed by atoms with Crippen LogP contribution in [0.1, 0.15) is 31.3 Å². The van der Waals surface area contributed by atoms with Crippen molar-refractivity contribution in [2.24, 2.45) is 5.41 Å². The van der Waals surface area contributed by atoms with Crippen LogP contribution in [0.2, 0.25) is 4.47 Å². The van der Waals surface area contributed by atoms with Crippen molar-refractivity contribution in [2.45, 2.75) is 39.7 Å². The Kier molecular flexibility index (Phi) is 5.04. The second-order valence-electron chi connectivity index (χ2n) is 5.13. The number of carboxylic acid groups (broad SMARTS) is 1. The highest BCUT2D eigenvalue weighted by Gasteiger charge is 2.38. The molecule has 1 N–H and O–H groups in total. The minimum atomic E-state index is -4.65. The number of rotatable bonds is 4. The fraction of sp³-hybridized carbons (Fsp3) is 0.636. The Hall–Kier alpha value is -0.860. The predicted molar refractivity (Wildman–Crippen MR) is 67.8 cm³/mol. The fourth-order valence-electron chi connectivity index (χ4n) is 1.49. The maximum atomic E-state index is 12.7. The van der Waals surface area contributed by atoms with E-state index >= 15 is 0 Å². The molecule has 0 saturated heterocycles. The summed E-state index contributed by atoms with van der Waals surface area (Å²) in [7, 11) is 0. The van der Waals surface area contributed by atoms with Crippen LogP contribution in [0.4, 0.5) is 13.2 Å². The van der Waals surface area contributed by atoms with Gasteiger partial charge in [0.2, 0.25) is 0 Å². The van der Waals surface area contributed by atoms with Crippen LogP contribution in [0.3, 0.4) is 0 Å². The maximum Gasteiger partial charge on any atom is 0.434 e. The highest BCUT2D eigenvalue weighted by Crippen LogP contribution is 2.37. The summed E-state index contributed by atoms with van der Waals surface area (Å²) in [6.45, 7) is 4.36. The van der Waals surface area contributed by atoms with E-state index in [0.717, 1.165) is 0 Å². The third-order valence-corrected chi connectivity index (χ3v) is 3.47. The van der Waals surface area contributed by atoms with E-state index in [1.165, 1.54) is 0 Å². The molecule has 20 heavy (non-hydrogen) atoms.